The predicted molar refractivity (Wildman–Crippen MR) is 109 cm³/mol. The Morgan fingerprint density at radius 3 is 2.83 bits per heavy atom. The zero-order chi connectivity index (χ0) is 21.0. The normalized spacial score (nSPS) is 13.9. The monoisotopic (exact) mass is 395 g/mol. The maximum absolute atomic E-state index is 13.6. The van der Waals surface area contributed by atoms with Gasteiger partial charge in [-0.15, -0.1) is 0 Å². The Morgan fingerprint density at radius 1 is 1.28 bits per heavy atom. The van der Waals surface area contributed by atoms with Gasteiger partial charge in [0.25, 0.3) is 11.8 Å². The van der Waals surface area contributed by atoms with E-state index in [0.717, 1.165) is 0 Å². The Balaban J connectivity index is 1.78. The number of hydrogen-bond donors (Lipinski definition) is 4. The zero-order valence-electron chi connectivity index (χ0n) is 16.3. The highest BCUT2D eigenvalue weighted by atomic mass is 19.1. The molecule has 0 saturated carbocycles. The fraction of sp³-hybridized carbons (Fsp3) is 0.286. The Morgan fingerprint density at radius 2 is 2.07 bits per heavy atom. The number of carbonyl (C=O) groups is 2. The van der Waals surface area contributed by atoms with Gasteiger partial charge in [0.2, 0.25) is 0 Å². The topological polar surface area (TPSA) is 110 Å². The van der Waals surface area contributed by atoms with Gasteiger partial charge < -0.3 is 20.9 Å². The summed E-state index contributed by atoms with van der Waals surface area (Å²) in [6.45, 7) is 5.17. The molecule has 2 amide bonds. The molecule has 0 bridgehead atoms. The summed E-state index contributed by atoms with van der Waals surface area (Å²) in [7, 11) is 0. The third-order valence-corrected chi connectivity index (χ3v) is 4.76. The number of fused-ring (bicyclic) bond motifs is 1. The van der Waals surface area contributed by atoms with E-state index in [1.165, 1.54) is 18.2 Å². The van der Waals surface area contributed by atoms with E-state index in [0.29, 0.717) is 65.4 Å². The third kappa shape index (κ3) is 4.36. The third-order valence-electron chi connectivity index (χ3n) is 4.76. The summed E-state index contributed by atoms with van der Waals surface area (Å²) in [6, 6.07) is 6.18. The lowest BCUT2D eigenvalue weighted by atomic mass is 10.0. The van der Waals surface area contributed by atoms with Crippen molar-refractivity contribution in [3.05, 3.63) is 52.1 Å². The molecule has 8 heteroatoms. The molecule has 1 aromatic heterocycles. The van der Waals surface area contributed by atoms with E-state index in [2.05, 4.69) is 20.9 Å². The second kappa shape index (κ2) is 8.71. The van der Waals surface area contributed by atoms with Crippen LogP contribution < -0.4 is 16.0 Å². The Labute approximate surface area is 168 Å². The van der Waals surface area contributed by atoms with Crippen LogP contribution >= 0.6 is 0 Å². The average molecular weight is 395 g/mol. The number of benzene rings is 1. The van der Waals surface area contributed by atoms with Crippen molar-refractivity contribution in [2.75, 3.05) is 25.0 Å². The number of anilines is 1. The average Bonchev–Trinajstić information content (AvgIpc) is 3.14. The summed E-state index contributed by atoms with van der Waals surface area (Å²) < 4.78 is 13.6. The number of nitrogens with zero attached hydrogens (tertiary/aromatic N) is 1. The molecule has 0 radical (unpaired) electrons. The molecule has 0 spiro atoms. The molecule has 0 aliphatic carbocycles. The van der Waals surface area contributed by atoms with Crippen LogP contribution in [0, 0.1) is 31.0 Å². The van der Waals surface area contributed by atoms with Gasteiger partial charge in [0.05, 0.1) is 17.2 Å². The number of aryl methyl sites for hydroxylation is 1. The number of H-pyrrole nitrogens is 1. The number of amides is 2. The van der Waals surface area contributed by atoms with Gasteiger partial charge in [0, 0.05) is 48.7 Å². The van der Waals surface area contributed by atoms with E-state index >= 15 is 0 Å². The SMILES string of the molecule is Cc1[nH]c(/C=C2\C(=O)Nc3ccc(F)cc32)c(C)c1C(=O)NCCNCCC#N. The van der Waals surface area contributed by atoms with Gasteiger partial charge in [-0.1, -0.05) is 0 Å². The molecule has 2 heterocycles. The van der Waals surface area contributed by atoms with Crippen molar-refractivity contribution < 1.29 is 14.0 Å². The van der Waals surface area contributed by atoms with E-state index in [9.17, 15) is 14.0 Å². The van der Waals surface area contributed by atoms with Crippen molar-refractivity contribution in [3.8, 4) is 6.07 Å². The number of carbonyl (C=O) groups excluding carboxylic acids is 2. The maximum atomic E-state index is 13.6. The number of rotatable bonds is 7. The molecule has 0 fully saturated rings. The summed E-state index contributed by atoms with van der Waals surface area (Å²) in [5, 5.41) is 17.1. The first-order chi connectivity index (χ1) is 13.9. The summed E-state index contributed by atoms with van der Waals surface area (Å²) in [5.41, 5.74) is 3.94. The van der Waals surface area contributed by atoms with Crippen LogP contribution in [0.1, 0.15) is 39.3 Å². The van der Waals surface area contributed by atoms with E-state index in [1.807, 2.05) is 6.07 Å². The van der Waals surface area contributed by atoms with Crippen LogP contribution in [0.3, 0.4) is 0 Å². The Kier molecular flexibility index (Phi) is 6.10. The van der Waals surface area contributed by atoms with Crippen molar-refractivity contribution in [1.82, 2.24) is 15.6 Å². The fourth-order valence-corrected chi connectivity index (χ4v) is 3.33. The van der Waals surface area contributed by atoms with Gasteiger partial charge in [0.15, 0.2) is 0 Å². The minimum Gasteiger partial charge on any atom is -0.358 e. The molecular weight excluding hydrogens is 373 g/mol. The van der Waals surface area contributed by atoms with Crippen molar-refractivity contribution in [1.29, 1.82) is 5.26 Å². The van der Waals surface area contributed by atoms with Crippen molar-refractivity contribution in [2.45, 2.75) is 20.3 Å². The molecule has 3 rings (SSSR count). The zero-order valence-corrected chi connectivity index (χ0v) is 16.3. The van der Waals surface area contributed by atoms with E-state index in [-0.39, 0.29) is 11.8 Å². The summed E-state index contributed by atoms with van der Waals surface area (Å²) in [5.74, 6) is -0.953. The summed E-state index contributed by atoms with van der Waals surface area (Å²) in [6.07, 6.45) is 2.06. The number of nitriles is 1. The molecule has 1 aliphatic heterocycles. The Hall–Kier alpha value is -3.44. The molecule has 150 valence electrons. The molecular formula is C21H22FN5O2. The standard InChI is InChI=1S/C21H22FN5O2/c1-12-18(11-16-15-10-14(22)4-5-17(15)27-20(16)28)26-13(2)19(12)21(29)25-9-8-24-7-3-6-23/h4-5,10-11,24,26H,3,7-9H2,1-2H3,(H,25,29)(H,27,28)/b16-11-. The smallest absolute Gasteiger partial charge is 0.256 e. The lowest BCUT2D eigenvalue weighted by Crippen LogP contribution is -2.32. The van der Waals surface area contributed by atoms with Crippen molar-refractivity contribution >= 4 is 29.2 Å². The minimum absolute atomic E-state index is 0.217. The molecule has 1 aromatic carbocycles. The fourth-order valence-electron chi connectivity index (χ4n) is 3.33. The van der Waals surface area contributed by atoms with Gasteiger partial charge >= 0.3 is 0 Å². The predicted octanol–water partition coefficient (Wildman–Crippen LogP) is 2.50. The van der Waals surface area contributed by atoms with Crippen LogP contribution in [0.25, 0.3) is 11.6 Å². The number of hydrogen-bond acceptors (Lipinski definition) is 4. The highest BCUT2D eigenvalue weighted by Gasteiger charge is 2.26. The molecule has 0 atom stereocenters. The molecule has 0 saturated heterocycles. The molecule has 7 nitrogen and oxygen atoms in total. The molecule has 0 unspecified atom stereocenters. The number of aromatic amines is 1. The maximum Gasteiger partial charge on any atom is 0.256 e. The first kappa shape index (κ1) is 20.3. The van der Waals surface area contributed by atoms with Crippen LogP contribution in [0.5, 0.6) is 0 Å². The molecule has 29 heavy (non-hydrogen) atoms. The summed E-state index contributed by atoms with van der Waals surface area (Å²) >= 11 is 0. The Bertz CT molecular complexity index is 1030. The highest BCUT2D eigenvalue weighted by Crippen LogP contribution is 2.34. The first-order valence-corrected chi connectivity index (χ1v) is 9.30. The molecule has 2 aromatic rings. The lowest BCUT2D eigenvalue weighted by molar-refractivity contribution is -0.110. The number of aromatic nitrogens is 1. The second-order valence-electron chi connectivity index (χ2n) is 6.78. The van der Waals surface area contributed by atoms with Gasteiger partial charge in [-0.2, -0.15) is 5.26 Å². The van der Waals surface area contributed by atoms with Gasteiger partial charge in [-0.25, -0.2) is 4.39 Å². The van der Waals surface area contributed by atoms with Gasteiger partial charge in [0.1, 0.15) is 5.82 Å². The quantitative estimate of drug-likeness (QED) is 0.426. The van der Waals surface area contributed by atoms with E-state index in [1.54, 1.807) is 19.9 Å². The largest absolute Gasteiger partial charge is 0.358 e. The van der Waals surface area contributed by atoms with E-state index < -0.39 is 5.82 Å². The van der Waals surface area contributed by atoms with Crippen molar-refractivity contribution in [2.24, 2.45) is 0 Å². The van der Waals surface area contributed by atoms with Crippen LogP contribution in [0.4, 0.5) is 10.1 Å². The first-order valence-electron chi connectivity index (χ1n) is 9.30. The molecule has 4 N–H and O–H groups in total. The molecule has 1 aliphatic rings. The van der Waals surface area contributed by atoms with Gasteiger partial charge in [-0.05, 0) is 43.7 Å². The number of halogens is 1. The van der Waals surface area contributed by atoms with Crippen LogP contribution in [0.2, 0.25) is 0 Å². The highest BCUT2D eigenvalue weighted by molar-refractivity contribution is 6.34. The van der Waals surface area contributed by atoms with Crippen molar-refractivity contribution in [3.63, 3.8) is 0 Å². The van der Waals surface area contributed by atoms with Crippen LogP contribution in [-0.4, -0.2) is 36.4 Å². The van der Waals surface area contributed by atoms with Crippen LogP contribution in [0.15, 0.2) is 18.2 Å². The second-order valence-corrected chi connectivity index (χ2v) is 6.78. The van der Waals surface area contributed by atoms with E-state index in [4.69, 9.17) is 5.26 Å². The summed E-state index contributed by atoms with van der Waals surface area (Å²) in [4.78, 5) is 28.0. The lowest BCUT2D eigenvalue weighted by Gasteiger charge is -2.06. The minimum atomic E-state index is -0.422. The number of nitrogens with one attached hydrogen (secondary N) is 4. The van der Waals surface area contributed by atoms with Gasteiger partial charge in [-0.3, -0.25) is 9.59 Å². The van der Waals surface area contributed by atoms with Crippen LogP contribution in [-0.2, 0) is 4.79 Å².